The second-order valence-electron chi connectivity index (χ2n) is 7.14. The summed E-state index contributed by atoms with van der Waals surface area (Å²) in [6, 6.07) is 6.30. The Kier molecular flexibility index (Phi) is 7.36. The standard InChI is InChI=1S/C20H29NO3S/c1-13-8-9-17(10-15(13)3)25-12-20(23)24-11-19(22)21-18-7-5-6-14(2)16(18)4/h8-10,14,16,18H,5-7,11-12H2,1-4H3,(H,21,22)/t14-,16-,18+/m0/s1. The van der Waals surface area contributed by atoms with E-state index in [0.29, 0.717) is 11.8 Å². The number of hydrogen-bond acceptors (Lipinski definition) is 4. The summed E-state index contributed by atoms with van der Waals surface area (Å²) in [7, 11) is 0. The van der Waals surface area contributed by atoms with E-state index >= 15 is 0 Å². The molecule has 0 bridgehead atoms. The summed E-state index contributed by atoms with van der Waals surface area (Å²) in [5.74, 6) is 0.746. The lowest BCUT2D eigenvalue weighted by atomic mass is 9.78. The van der Waals surface area contributed by atoms with Gasteiger partial charge >= 0.3 is 5.97 Å². The Morgan fingerprint density at radius 1 is 1.20 bits per heavy atom. The molecule has 1 fully saturated rings. The maximum atomic E-state index is 12.0. The summed E-state index contributed by atoms with van der Waals surface area (Å²) in [5.41, 5.74) is 2.43. The van der Waals surface area contributed by atoms with Crippen LogP contribution in [-0.2, 0) is 14.3 Å². The SMILES string of the molecule is Cc1ccc(SCC(=O)OCC(=O)N[C@@H]2CCC[C@H](C)[C@@H]2C)cc1C. The highest BCUT2D eigenvalue weighted by Crippen LogP contribution is 2.29. The lowest BCUT2D eigenvalue weighted by Crippen LogP contribution is -2.45. The molecule has 1 aromatic carbocycles. The largest absolute Gasteiger partial charge is 0.455 e. The number of nitrogens with one attached hydrogen (secondary N) is 1. The Balaban J connectivity index is 1.70. The highest BCUT2D eigenvalue weighted by Gasteiger charge is 2.28. The van der Waals surface area contributed by atoms with Gasteiger partial charge in [0.05, 0.1) is 5.75 Å². The molecule has 138 valence electrons. The molecule has 1 aliphatic carbocycles. The third-order valence-corrected chi connectivity index (χ3v) is 6.22. The summed E-state index contributed by atoms with van der Waals surface area (Å²) in [5, 5.41) is 3.02. The van der Waals surface area contributed by atoms with Gasteiger partial charge in [-0.2, -0.15) is 0 Å². The second-order valence-corrected chi connectivity index (χ2v) is 8.19. The van der Waals surface area contributed by atoms with Crippen LogP contribution in [0.4, 0.5) is 0 Å². The van der Waals surface area contributed by atoms with Gasteiger partial charge < -0.3 is 10.1 Å². The van der Waals surface area contributed by atoms with Crippen LogP contribution in [0.15, 0.2) is 23.1 Å². The van der Waals surface area contributed by atoms with Gasteiger partial charge in [-0.3, -0.25) is 9.59 Å². The zero-order valence-electron chi connectivity index (χ0n) is 15.6. The van der Waals surface area contributed by atoms with Crippen molar-refractivity contribution in [1.82, 2.24) is 5.32 Å². The molecule has 5 heteroatoms. The third-order valence-electron chi connectivity index (χ3n) is 5.25. The summed E-state index contributed by atoms with van der Waals surface area (Å²) >= 11 is 1.43. The van der Waals surface area contributed by atoms with E-state index in [2.05, 4.69) is 39.1 Å². The quantitative estimate of drug-likeness (QED) is 0.615. The maximum Gasteiger partial charge on any atom is 0.316 e. The summed E-state index contributed by atoms with van der Waals surface area (Å²) < 4.78 is 5.11. The van der Waals surface area contributed by atoms with Gasteiger partial charge in [-0.25, -0.2) is 0 Å². The Labute approximate surface area is 155 Å². The molecule has 0 spiro atoms. The third kappa shape index (κ3) is 6.07. The van der Waals surface area contributed by atoms with Crippen molar-refractivity contribution < 1.29 is 14.3 Å². The van der Waals surface area contributed by atoms with Crippen molar-refractivity contribution in [2.75, 3.05) is 12.4 Å². The van der Waals surface area contributed by atoms with Gasteiger partial charge in [0, 0.05) is 10.9 Å². The van der Waals surface area contributed by atoms with Crippen molar-refractivity contribution in [3.63, 3.8) is 0 Å². The van der Waals surface area contributed by atoms with Crippen LogP contribution >= 0.6 is 11.8 Å². The minimum Gasteiger partial charge on any atom is -0.455 e. The van der Waals surface area contributed by atoms with Crippen LogP contribution in [0.1, 0.15) is 44.2 Å². The van der Waals surface area contributed by atoms with E-state index in [4.69, 9.17) is 4.74 Å². The van der Waals surface area contributed by atoms with Crippen LogP contribution in [0, 0.1) is 25.7 Å². The van der Waals surface area contributed by atoms with Crippen molar-refractivity contribution in [1.29, 1.82) is 0 Å². The van der Waals surface area contributed by atoms with E-state index < -0.39 is 0 Å². The molecule has 4 nitrogen and oxygen atoms in total. The molecule has 0 radical (unpaired) electrons. The van der Waals surface area contributed by atoms with Gasteiger partial charge in [-0.05, 0) is 55.4 Å². The molecule has 0 unspecified atom stereocenters. The van der Waals surface area contributed by atoms with Gasteiger partial charge in [-0.15, -0.1) is 11.8 Å². The van der Waals surface area contributed by atoms with E-state index in [1.54, 1.807) is 0 Å². The first kappa shape index (κ1) is 19.8. The van der Waals surface area contributed by atoms with Gasteiger partial charge in [0.2, 0.25) is 0 Å². The minimum atomic E-state index is -0.358. The average Bonchev–Trinajstić information content (AvgIpc) is 2.58. The van der Waals surface area contributed by atoms with Crippen LogP contribution in [-0.4, -0.2) is 30.3 Å². The average molecular weight is 364 g/mol. The fraction of sp³-hybridized carbons (Fsp3) is 0.600. The topological polar surface area (TPSA) is 55.4 Å². The van der Waals surface area contributed by atoms with E-state index in [9.17, 15) is 9.59 Å². The lowest BCUT2D eigenvalue weighted by Gasteiger charge is -2.34. The summed E-state index contributed by atoms with van der Waals surface area (Å²) in [6.07, 6.45) is 3.37. The number of amides is 1. The number of ether oxygens (including phenoxy) is 1. The molecule has 0 aromatic heterocycles. The molecule has 0 saturated heterocycles. The first-order valence-electron chi connectivity index (χ1n) is 9.02. The number of aryl methyl sites for hydroxylation is 2. The second kappa shape index (κ2) is 9.27. The zero-order valence-corrected chi connectivity index (χ0v) is 16.4. The van der Waals surface area contributed by atoms with Crippen molar-refractivity contribution in [2.45, 2.75) is 57.9 Å². The van der Waals surface area contributed by atoms with Gasteiger partial charge in [0.15, 0.2) is 6.61 Å². The Bertz CT molecular complexity index is 617. The number of thioether (sulfide) groups is 1. The minimum absolute atomic E-state index is 0.191. The number of carbonyl (C=O) groups is 2. The highest BCUT2D eigenvalue weighted by molar-refractivity contribution is 8.00. The summed E-state index contributed by atoms with van der Waals surface area (Å²) in [4.78, 5) is 24.9. The number of carbonyl (C=O) groups excluding carboxylic acids is 2. The Hall–Kier alpha value is -1.49. The summed E-state index contributed by atoms with van der Waals surface area (Å²) in [6.45, 7) is 8.33. The number of benzene rings is 1. The number of hydrogen-bond donors (Lipinski definition) is 1. The molecule has 1 aromatic rings. The van der Waals surface area contributed by atoms with Crippen molar-refractivity contribution in [2.24, 2.45) is 11.8 Å². The maximum absolute atomic E-state index is 12.0. The molecular formula is C20H29NO3S. The monoisotopic (exact) mass is 363 g/mol. The highest BCUT2D eigenvalue weighted by atomic mass is 32.2. The van der Waals surface area contributed by atoms with Gasteiger partial charge in [0.1, 0.15) is 0 Å². The predicted octanol–water partition coefficient (Wildman–Crippen LogP) is 3.88. The molecule has 2 rings (SSSR count). The van der Waals surface area contributed by atoms with E-state index in [-0.39, 0.29) is 30.3 Å². The predicted molar refractivity (Wildman–Crippen MR) is 102 cm³/mol. The van der Waals surface area contributed by atoms with Crippen molar-refractivity contribution >= 4 is 23.6 Å². The first-order chi connectivity index (χ1) is 11.9. The lowest BCUT2D eigenvalue weighted by molar-refractivity contribution is -0.146. The van der Waals surface area contributed by atoms with Crippen LogP contribution < -0.4 is 5.32 Å². The molecule has 1 aliphatic rings. The molecule has 1 amide bonds. The van der Waals surface area contributed by atoms with E-state index in [1.165, 1.54) is 29.3 Å². The van der Waals surface area contributed by atoms with Crippen LogP contribution in [0.25, 0.3) is 0 Å². The molecule has 25 heavy (non-hydrogen) atoms. The number of rotatable bonds is 6. The van der Waals surface area contributed by atoms with Crippen LogP contribution in [0.3, 0.4) is 0 Å². The molecule has 1 saturated carbocycles. The fourth-order valence-corrected chi connectivity index (χ4v) is 3.96. The Morgan fingerprint density at radius 2 is 1.96 bits per heavy atom. The number of esters is 1. The molecular weight excluding hydrogens is 334 g/mol. The van der Waals surface area contributed by atoms with E-state index in [1.807, 2.05) is 12.1 Å². The van der Waals surface area contributed by atoms with Gasteiger partial charge in [-0.1, -0.05) is 32.8 Å². The molecule has 0 heterocycles. The first-order valence-corrected chi connectivity index (χ1v) is 10.0. The fourth-order valence-electron chi connectivity index (χ4n) is 3.17. The van der Waals surface area contributed by atoms with Crippen molar-refractivity contribution in [3.05, 3.63) is 29.3 Å². The van der Waals surface area contributed by atoms with Crippen LogP contribution in [0.5, 0.6) is 0 Å². The molecule has 1 N–H and O–H groups in total. The van der Waals surface area contributed by atoms with Crippen molar-refractivity contribution in [3.8, 4) is 0 Å². The molecule has 0 aliphatic heterocycles. The van der Waals surface area contributed by atoms with E-state index in [0.717, 1.165) is 17.7 Å². The van der Waals surface area contributed by atoms with Gasteiger partial charge in [0.25, 0.3) is 5.91 Å². The smallest absolute Gasteiger partial charge is 0.316 e. The zero-order chi connectivity index (χ0) is 18.4. The Morgan fingerprint density at radius 3 is 2.68 bits per heavy atom. The van der Waals surface area contributed by atoms with Crippen LogP contribution in [0.2, 0.25) is 0 Å². The normalized spacial score (nSPS) is 23.1. The molecule has 3 atom stereocenters.